The van der Waals surface area contributed by atoms with E-state index in [0.29, 0.717) is 18.3 Å². The van der Waals surface area contributed by atoms with E-state index in [1.807, 2.05) is 6.07 Å². The second-order valence-electron chi connectivity index (χ2n) is 8.38. The SMILES string of the molecule is CCCCCc1ccc(COc2ccc([C@H]3CC[C@H](CC)CC3)cc2F)cc1. The molecule has 1 nitrogen and oxygen atoms in total. The van der Waals surface area contributed by atoms with Gasteiger partial charge in [-0.05, 0) is 79.2 Å². The maximum absolute atomic E-state index is 14.6. The molecule has 0 saturated heterocycles. The molecule has 1 saturated carbocycles. The Kier molecular flexibility index (Phi) is 7.94. The summed E-state index contributed by atoms with van der Waals surface area (Å²) in [5.41, 5.74) is 3.59. The summed E-state index contributed by atoms with van der Waals surface area (Å²) in [5.74, 6) is 1.50. The quantitative estimate of drug-likeness (QED) is 0.402. The van der Waals surface area contributed by atoms with Gasteiger partial charge in [-0.25, -0.2) is 4.39 Å². The Labute approximate surface area is 170 Å². The van der Waals surface area contributed by atoms with Gasteiger partial charge in [-0.2, -0.15) is 0 Å². The van der Waals surface area contributed by atoms with Crippen molar-refractivity contribution < 1.29 is 9.13 Å². The molecule has 1 aliphatic carbocycles. The normalized spacial score (nSPS) is 19.5. The maximum atomic E-state index is 14.6. The van der Waals surface area contributed by atoms with E-state index < -0.39 is 0 Å². The van der Waals surface area contributed by atoms with Crippen molar-refractivity contribution in [1.82, 2.24) is 0 Å². The second-order valence-corrected chi connectivity index (χ2v) is 8.38. The number of aryl methyl sites for hydroxylation is 1. The monoisotopic (exact) mass is 382 g/mol. The van der Waals surface area contributed by atoms with Gasteiger partial charge in [0.25, 0.3) is 0 Å². The Bertz CT molecular complexity index is 714. The van der Waals surface area contributed by atoms with E-state index in [1.165, 1.54) is 56.9 Å². The molecule has 3 rings (SSSR count). The molecule has 28 heavy (non-hydrogen) atoms. The minimum absolute atomic E-state index is 0.230. The average Bonchev–Trinajstić information content (AvgIpc) is 2.74. The fraction of sp³-hybridized carbons (Fsp3) is 0.538. The fourth-order valence-electron chi connectivity index (χ4n) is 4.33. The van der Waals surface area contributed by atoms with E-state index in [2.05, 4.69) is 44.2 Å². The number of hydrogen-bond donors (Lipinski definition) is 0. The van der Waals surface area contributed by atoms with Gasteiger partial charge in [0.1, 0.15) is 6.61 Å². The Morgan fingerprint density at radius 1 is 0.893 bits per heavy atom. The van der Waals surface area contributed by atoms with Gasteiger partial charge < -0.3 is 4.74 Å². The van der Waals surface area contributed by atoms with Crippen LogP contribution in [0.1, 0.15) is 87.8 Å². The van der Waals surface area contributed by atoms with Crippen LogP contribution in [0.3, 0.4) is 0 Å². The highest BCUT2D eigenvalue weighted by atomic mass is 19.1. The van der Waals surface area contributed by atoms with Gasteiger partial charge in [-0.3, -0.25) is 0 Å². The lowest BCUT2D eigenvalue weighted by Crippen LogP contribution is -2.12. The molecular weight excluding hydrogens is 347 g/mol. The van der Waals surface area contributed by atoms with Gasteiger partial charge in [0, 0.05) is 0 Å². The van der Waals surface area contributed by atoms with Crippen LogP contribution in [0.25, 0.3) is 0 Å². The van der Waals surface area contributed by atoms with E-state index in [4.69, 9.17) is 4.74 Å². The summed E-state index contributed by atoms with van der Waals surface area (Å²) in [7, 11) is 0. The number of rotatable bonds is 9. The molecule has 1 fully saturated rings. The lowest BCUT2D eigenvalue weighted by atomic mass is 9.78. The highest BCUT2D eigenvalue weighted by Crippen LogP contribution is 2.38. The van der Waals surface area contributed by atoms with Gasteiger partial charge in [-0.1, -0.05) is 63.4 Å². The molecule has 0 aromatic heterocycles. The molecule has 2 aromatic rings. The molecule has 2 aromatic carbocycles. The van der Waals surface area contributed by atoms with E-state index >= 15 is 0 Å². The predicted molar refractivity (Wildman–Crippen MR) is 115 cm³/mol. The molecule has 0 heterocycles. The van der Waals surface area contributed by atoms with Crippen molar-refractivity contribution in [2.45, 2.75) is 84.2 Å². The van der Waals surface area contributed by atoms with E-state index in [9.17, 15) is 4.39 Å². The Hall–Kier alpha value is -1.83. The molecule has 0 aliphatic heterocycles. The summed E-state index contributed by atoms with van der Waals surface area (Å²) in [4.78, 5) is 0. The van der Waals surface area contributed by atoms with Crippen molar-refractivity contribution in [2.24, 2.45) is 5.92 Å². The minimum atomic E-state index is -0.230. The molecule has 2 heteroatoms. The topological polar surface area (TPSA) is 9.23 Å². The largest absolute Gasteiger partial charge is 0.486 e. The fourth-order valence-corrected chi connectivity index (χ4v) is 4.33. The first-order valence-corrected chi connectivity index (χ1v) is 11.2. The smallest absolute Gasteiger partial charge is 0.165 e. The van der Waals surface area contributed by atoms with Gasteiger partial charge in [0.15, 0.2) is 11.6 Å². The van der Waals surface area contributed by atoms with Crippen LogP contribution in [-0.2, 0) is 13.0 Å². The third-order valence-corrected chi connectivity index (χ3v) is 6.34. The number of ether oxygens (including phenoxy) is 1. The Balaban J connectivity index is 1.52. The maximum Gasteiger partial charge on any atom is 0.165 e. The van der Waals surface area contributed by atoms with Gasteiger partial charge in [-0.15, -0.1) is 0 Å². The standard InChI is InChI=1S/C26H35FO/c1-3-5-6-7-21-8-10-22(11-9-21)19-28-26-17-16-24(18-25(26)27)23-14-12-20(4-2)13-15-23/h8-11,16-18,20,23H,3-7,12-15,19H2,1-2H3/t20-,23-. The summed E-state index contributed by atoms with van der Waals surface area (Å²) < 4.78 is 20.3. The number of halogens is 1. The van der Waals surface area contributed by atoms with E-state index in [1.54, 1.807) is 6.07 Å². The van der Waals surface area contributed by atoms with Crippen LogP contribution < -0.4 is 4.74 Å². The van der Waals surface area contributed by atoms with Crippen molar-refractivity contribution in [3.05, 3.63) is 65.0 Å². The molecule has 0 radical (unpaired) electrons. The average molecular weight is 383 g/mol. The second kappa shape index (κ2) is 10.6. The van der Waals surface area contributed by atoms with Crippen molar-refractivity contribution in [1.29, 1.82) is 0 Å². The number of unbranched alkanes of at least 4 members (excludes halogenated alkanes) is 2. The molecule has 0 N–H and O–H groups in total. The zero-order chi connectivity index (χ0) is 19.8. The summed E-state index contributed by atoms with van der Waals surface area (Å²) >= 11 is 0. The molecule has 0 atom stereocenters. The van der Waals surface area contributed by atoms with Crippen LogP contribution in [-0.4, -0.2) is 0 Å². The third kappa shape index (κ3) is 5.83. The van der Waals surface area contributed by atoms with Gasteiger partial charge >= 0.3 is 0 Å². The van der Waals surface area contributed by atoms with Crippen LogP contribution in [0.2, 0.25) is 0 Å². The molecule has 0 bridgehead atoms. The van der Waals surface area contributed by atoms with E-state index in [0.717, 1.165) is 23.5 Å². The molecule has 0 unspecified atom stereocenters. The van der Waals surface area contributed by atoms with Gasteiger partial charge in [0.2, 0.25) is 0 Å². The summed E-state index contributed by atoms with van der Waals surface area (Å²) in [6.07, 6.45) is 11.1. The molecule has 0 spiro atoms. The minimum Gasteiger partial charge on any atom is -0.486 e. The molecule has 152 valence electrons. The Morgan fingerprint density at radius 2 is 1.61 bits per heavy atom. The first kappa shape index (κ1) is 20.9. The summed E-state index contributed by atoms with van der Waals surface area (Å²) in [5, 5.41) is 0. The first-order valence-electron chi connectivity index (χ1n) is 11.2. The first-order chi connectivity index (χ1) is 13.7. The predicted octanol–water partition coefficient (Wildman–Crippen LogP) is 7.82. The van der Waals surface area contributed by atoms with Crippen molar-refractivity contribution >= 4 is 0 Å². The Morgan fingerprint density at radius 3 is 2.25 bits per heavy atom. The van der Waals surface area contributed by atoms with Crippen LogP contribution in [0.15, 0.2) is 42.5 Å². The van der Waals surface area contributed by atoms with Crippen LogP contribution in [0, 0.1) is 11.7 Å². The summed E-state index contributed by atoms with van der Waals surface area (Å²) in [6, 6.07) is 14.1. The van der Waals surface area contributed by atoms with Gasteiger partial charge in [0.05, 0.1) is 0 Å². The summed E-state index contributed by atoms with van der Waals surface area (Å²) in [6.45, 7) is 4.91. The lowest BCUT2D eigenvalue weighted by molar-refractivity contribution is 0.289. The number of benzene rings is 2. The van der Waals surface area contributed by atoms with Crippen LogP contribution in [0.5, 0.6) is 5.75 Å². The lowest BCUT2D eigenvalue weighted by Gasteiger charge is -2.28. The molecule has 0 amide bonds. The van der Waals surface area contributed by atoms with Crippen LogP contribution >= 0.6 is 0 Å². The van der Waals surface area contributed by atoms with Crippen molar-refractivity contribution in [3.63, 3.8) is 0 Å². The van der Waals surface area contributed by atoms with E-state index in [-0.39, 0.29) is 5.82 Å². The molecule has 1 aliphatic rings. The number of hydrogen-bond acceptors (Lipinski definition) is 1. The van der Waals surface area contributed by atoms with Crippen molar-refractivity contribution in [3.8, 4) is 5.75 Å². The van der Waals surface area contributed by atoms with Crippen LogP contribution in [0.4, 0.5) is 4.39 Å². The third-order valence-electron chi connectivity index (χ3n) is 6.34. The van der Waals surface area contributed by atoms with Crippen molar-refractivity contribution in [2.75, 3.05) is 0 Å². The highest BCUT2D eigenvalue weighted by molar-refractivity contribution is 5.32. The zero-order valence-electron chi connectivity index (χ0n) is 17.6. The highest BCUT2D eigenvalue weighted by Gasteiger charge is 2.22. The zero-order valence-corrected chi connectivity index (χ0v) is 17.6. The molecular formula is C26H35FO.